The fraction of sp³-hybridized carbons (Fsp3) is 0.300. The van der Waals surface area contributed by atoms with Crippen LogP contribution in [0.5, 0.6) is 5.75 Å². The highest BCUT2D eigenvalue weighted by Gasteiger charge is 2.10. The highest BCUT2D eigenvalue weighted by molar-refractivity contribution is 9.10. The van der Waals surface area contributed by atoms with Gasteiger partial charge in [0, 0.05) is 16.6 Å². The lowest BCUT2D eigenvalue weighted by Crippen LogP contribution is -2.33. The second-order valence-electron chi connectivity index (χ2n) is 3.21. The molecule has 5 heteroatoms. The molecule has 0 saturated heterocycles. The van der Waals surface area contributed by atoms with Gasteiger partial charge in [-0.15, -0.1) is 0 Å². The number of aliphatic carboxylic acids is 1. The Morgan fingerprint density at radius 2 is 2.27 bits per heavy atom. The number of carbonyl (C=O) groups is 1. The van der Waals surface area contributed by atoms with Crippen LogP contribution in [0.2, 0.25) is 0 Å². The van der Waals surface area contributed by atoms with Crippen molar-refractivity contribution in [2.75, 3.05) is 0 Å². The molecular formula is C10H12BrNO3. The summed E-state index contributed by atoms with van der Waals surface area (Å²) >= 11 is 3.28. The first-order valence-electron chi connectivity index (χ1n) is 4.44. The molecule has 0 radical (unpaired) electrons. The van der Waals surface area contributed by atoms with E-state index in [4.69, 9.17) is 5.11 Å². The molecule has 0 aliphatic heterocycles. The van der Waals surface area contributed by atoms with Gasteiger partial charge >= 0.3 is 5.97 Å². The van der Waals surface area contributed by atoms with Crippen molar-refractivity contribution < 1.29 is 15.0 Å². The average Bonchev–Trinajstić information content (AvgIpc) is 2.18. The number of phenols is 1. The number of halogens is 1. The zero-order valence-corrected chi connectivity index (χ0v) is 9.78. The molecule has 1 rings (SSSR count). The molecule has 3 N–H and O–H groups in total. The lowest BCUT2D eigenvalue weighted by Gasteiger charge is -2.10. The summed E-state index contributed by atoms with van der Waals surface area (Å²) in [6.07, 6.45) is 0. The number of phenolic OH excluding ortho intramolecular Hbond substituents is 1. The highest BCUT2D eigenvalue weighted by atomic mass is 79.9. The predicted octanol–water partition coefficient (Wildman–Crippen LogP) is 1.72. The Kier molecular flexibility index (Phi) is 4.11. The van der Waals surface area contributed by atoms with Crippen LogP contribution in [0.25, 0.3) is 0 Å². The maximum Gasteiger partial charge on any atom is 0.320 e. The summed E-state index contributed by atoms with van der Waals surface area (Å²) in [5.74, 6) is -0.757. The van der Waals surface area contributed by atoms with Crippen LogP contribution >= 0.6 is 15.9 Å². The summed E-state index contributed by atoms with van der Waals surface area (Å²) in [6.45, 7) is 1.87. The minimum absolute atomic E-state index is 0.156. The van der Waals surface area contributed by atoms with E-state index in [2.05, 4.69) is 21.2 Å². The molecule has 1 aromatic carbocycles. The molecular weight excluding hydrogens is 262 g/mol. The molecule has 15 heavy (non-hydrogen) atoms. The van der Waals surface area contributed by atoms with Crippen molar-refractivity contribution in [3.8, 4) is 5.75 Å². The van der Waals surface area contributed by atoms with Gasteiger partial charge in [-0.3, -0.25) is 4.79 Å². The van der Waals surface area contributed by atoms with Gasteiger partial charge in [0.1, 0.15) is 11.8 Å². The Labute approximate surface area is 96.1 Å². The molecule has 4 nitrogen and oxygen atoms in total. The summed E-state index contributed by atoms with van der Waals surface area (Å²) < 4.78 is 0.847. The summed E-state index contributed by atoms with van der Waals surface area (Å²) in [5.41, 5.74) is 0.664. The van der Waals surface area contributed by atoms with E-state index in [0.29, 0.717) is 12.1 Å². The van der Waals surface area contributed by atoms with E-state index in [0.717, 1.165) is 4.47 Å². The van der Waals surface area contributed by atoms with Crippen LogP contribution in [-0.4, -0.2) is 22.2 Å². The summed E-state index contributed by atoms with van der Waals surface area (Å²) in [7, 11) is 0. The SMILES string of the molecule is C[C@H](NCc1cc(Br)ccc1O)C(=O)O. The second kappa shape index (κ2) is 5.14. The fourth-order valence-electron chi connectivity index (χ4n) is 1.05. The summed E-state index contributed by atoms with van der Waals surface area (Å²) in [6, 6.07) is 4.39. The Bertz CT molecular complexity index is 368. The normalized spacial score (nSPS) is 12.4. The van der Waals surface area contributed by atoms with Gasteiger partial charge in [-0.1, -0.05) is 15.9 Å². The van der Waals surface area contributed by atoms with Gasteiger partial charge < -0.3 is 15.5 Å². The van der Waals surface area contributed by atoms with Crippen molar-refractivity contribution in [2.24, 2.45) is 0 Å². The zero-order valence-electron chi connectivity index (χ0n) is 8.20. The molecule has 0 heterocycles. The minimum Gasteiger partial charge on any atom is -0.508 e. The van der Waals surface area contributed by atoms with E-state index < -0.39 is 12.0 Å². The third kappa shape index (κ3) is 3.53. The third-order valence-electron chi connectivity index (χ3n) is 2.01. The monoisotopic (exact) mass is 273 g/mol. The van der Waals surface area contributed by atoms with E-state index in [1.807, 2.05) is 0 Å². The number of rotatable bonds is 4. The molecule has 0 aliphatic rings. The van der Waals surface area contributed by atoms with Crippen molar-refractivity contribution in [2.45, 2.75) is 19.5 Å². The molecule has 0 unspecified atom stereocenters. The van der Waals surface area contributed by atoms with Gasteiger partial charge in [-0.25, -0.2) is 0 Å². The van der Waals surface area contributed by atoms with Crippen molar-refractivity contribution >= 4 is 21.9 Å². The lowest BCUT2D eigenvalue weighted by molar-refractivity contribution is -0.139. The molecule has 0 bridgehead atoms. The first kappa shape index (κ1) is 12.0. The number of benzene rings is 1. The highest BCUT2D eigenvalue weighted by Crippen LogP contribution is 2.21. The number of hydrogen-bond acceptors (Lipinski definition) is 3. The minimum atomic E-state index is -0.913. The molecule has 0 fully saturated rings. The van der Waals surface area contributed by atoms with Crippen molar-refractivity contribution in [1.82, 2.24) is 5.32 Å². The van der Waals surface area contributed by atoms with Crippen molar-refractivity contribution in [3.05, 3.63) is 28.2 Å². The maximum absolute atomic E-state index is 10.5. The predicted molar refractivity (Wildman–Crippen MR) is 59.7 cm³/mol. The molecule has 0 aromatic heterocycles. The van der Waals surface area contributed by atoms with Crippen LogP contribution in [0.3, 0.4) is 0 Å². The number of carboxylic acid groups (broad SMARTS) is 1. The van der Waals surface area contributed by atoms with E-state index in [9.17, 15) is 9.90 Å². The van der Waals surface area contributed by atoms with Gasteiger partial charge in [0.25, 0.3) is 0 Å². The van der Waals surface area contributed by atoms with E-state index >= 15 is 0 Å². The van der Waals surface area contributed by atoms with E-state index in [1.165, 1.54) is 0 Å². The second-order valence-corrected chi connectivity index (χ2v) is 4.13. The molecule has 1 atom stereocenters. The molecule has 82 valence electrons. The Balaban J connectivity index is 2.65. The van der Waals surface area contributed by atoms with Crippen molar-refractivity contribution in [1.29, 1.82) is 0 Å². The molecule has 0 aliphatic carbocycles. The Hall–Kier alpha value is -1.07. The summed E-state index contributed by atoms with van der Waals surface area (Å²) in [5, 5.41) is 20.9. The maximum atomic E-state index is 10.5. The molecule has 0 spiro atoms. The van der Waals surface area contributed by atoms with Gasteiger partial charge in [0.05, 0.1) is 0 Å². The molecule has 1 aromatic rings. The smallest absolute Gasteiger partial charge is 0.320 e. The van der Waals surface area contributed by atoms with E-state index in [1.54, 1.807) is 25.1 Å². The van der Waals surface area contributed by atoms with Crippen LogP contribution in [0.1, 0.15) is 12.5 Å². The summed E-state index contributed by atoms with van der Waals surface area (Å²) in [4.78, 5) is 10.5. The number of carboxylic acids is 1. The standard InChI is InChI=1S/C10H12BrNO3/c1-6(10(14)15)12-5-7-4-8(11)2-3-9(7)13/h2-4,6,12-13H,5H2,1H3,(H,14,15)/t6-/m0/s1. The van der Waals surface area contributed by atoms with Crippen molar-refractivity contribution in [3.63, 3.8) is 0 Å². The van der Waals surface area contributed by atoms with Crippen LogP contribution in [-0.2, 0) is 11.3 Å². The van der Waals surface area contributed by atoms with Gasteiger partial charge in [0.2, 0.25) is 0 Å². The van der Waals surface area contributed by atoms with Crippen LogP contribution in [0.15, 0.2) is 22.7 Å². The zero-order chi connectivity index (χ0) is 11.4. The quantitative estimate of drug-likeness (QED) is 0.781. The van der Waals surface area contributed by atoms with Crippen LogP contribution < -0.4 is 5.32 Å². The number of aromatic hydroxyl groups is 1. The number of nitrogens with one attached hydrogen (secondary N) is 1. The topological polar surface area (TPSA) is 69.6 Å². The third-order valence-corrected chi connectivity index (χ3v) is 2.50. The fourth-order valence-corrected chi connectivity index (χ4v) is 1.45. The molecule has 0 saturated carbocycles. The Morgan fingerprint density at radius 3 is 2.87 bits per heavy atom. The van der Waals surface area contributed by atoms with Crippen LogP contribution in [0, 0.1) is 0 Å². The van der Waals surface area contributed by atoms with Gasteiger partial charge in [-0.2, -0.15) is 0 Å². The Morgan fingerprint density at radius 1 is 1.60 bits per heavy atom. The lowest BCUT2D eigenvalue weighted by atomic mass is 10.2. The van der Waals surface area contributed by atoms with Crippen LogP contribution in [0.4, 0.5) is 0 Å². The molecule has 0 amide bonds. The largest absolute Gasteiger partial charge is 0.508 e. The first-order valence-corrected chi connectivity index (χ1v) is 5.23. The number of hydrogen-bond donors (Lipinski definition) is 3. The van der Waals surface area contributed by atoms with E-state index in [-0.39, 0.29) is 5.75 Å². The first-order chi connectivity index (χ1) is 7.00. The average molecular weight is 274 g/mol. The van der Waals surface area contributed by atoms with Gasteiger partial charge in [0.15, 0.2) is 0 Å². The van der Waals surface area contributed by atoms with Gasteiger partial charge in [-0.05, 0) is 25.1 Å².